The van der Waals surface area contributed by atoms with E-state index in [-0.39, 0.29) is 23.0 Å². The first-order valence-corrected chi connectivity index (χ1v) is 7.59. The average molecular weight is 364 g/mol. The van der Waals surface area contributed by atoms with Gasteiger partial charge in [0.05, 0.1) is 10.7 Å². The molecule has 0 heterocycles. The summed E-state index contributed by atoms with van der Waals surface area (Å²) in [5, 5.41) is 15.1. The molecule has 24 heavy (non-hydrogen) atoms. The Morgan fingerprint density at radius 3 is 2.71 bits per heavy atom. The summed E-state index contributed by atoms with van der Waals surface area (Å²) in [6, 6.07) is 12.4. The van der Waals surface area contributed by atoms with Crippen molar-refractivity contribution in [1.82, 2.24) is 5.32 Å². The van der Waals surface area contributed by atoms with Gasteiger partial charge in [-0.3, -0.25) is 4.79 Å². The smallest absolute Gasteiger partial charge is 0.267 e. The molecule has 2 N–H and O–H groups in total. The predicted octanol–water partition coefficient (Wildman–Crippen LogP) is 4.27. The molecule has 0 atom stereocenters. The van der Waals surface area contributed by atoms with E-state index in [9.17, 15) is 9.18 Å². The van der Waals surface area contributed by atoms with Gasteiger partial charge in [0.1, 0.15) is 17.5 Å². The topological polar surface area (TPSA) is 64.9 Å². The van der Waals surface area contributed by atoms with Crippen molar-refractivity contribution in [3.05, 3.63) is 75.7 Å². The van der Waals surface area contributed by atoms with Gasteiger partial charge in [0, 0.05) is 17.8 Å². The number of benzene rings is 2. The lowest BCUT2D eigenvalue weighted by Crippen LogP contribution is -2.16. The van der Waals surface area contributed by atoms with E-state index in [0.717, 1.165) is 0 Å². The summed E-state index contributed by atoms with van der Waals surface area (Å²) in [5.74, 6) is -0.970. The molecule has 2 rings (SSSR count). The number of carbonyl (C=O) groups excluding carboxylic acids is 1. The van der Waals surface area contributed by atoms with Crippen molar-refractivity contribution >= 4 is 34.8 Å². The van der Waals surface area contributed by atoms with Crippen LogP contribution in [-0.2, 0) is 11.3 Å². The first kappa shape index (κ1) is 17.8. The van der Waals surface area contributed by atoms with Gasteiger partial charge in [-0.25, -0.2) is 4.39 Å². The van der Waals surface area contributed by atoms with Gasteiger partial charge in [-0.15, -0.1) is 0 Å². The van der Waals surface area contributed by atoms with Crippen molar-refractivity contribution in [2.24, 2.45) is 0 Å². The maximum absolute atomic E-state index is 13.1. The zero-order chi connectivity index (χ0) is 17.5. The third kappa shape index (κ3) is 4.98. The van der Waals surface area contributed by atoms with Crippen molar-refractivity contribution in [3.8, 4) is 6.07 Å². The monoisotopic (exact) mass is 363 g/mol. The van der Waals surface area contributed by atoms with Gasteiger partial charge < -0.3 is 10.6 Å². The second kappa shape index (κ2) is 8.34. The number of hydrogen-bond donors (Lipinski definition) is 2. The Balaban J connectivity index is 2.01. The van der Waals surface area contributed by atoms with Crippen LogP contribution in [0.3, 0.4) is 0 Å². The molecule has 2 aromatic rings. The number of halogens is 3. The Bertz CT molecular complexity index is 831. The molecule has 2 aromatic carbocycles. The highest BCUT2D eigenvalue weighted by Gasteiger charge is 2.11. The Morgan fingerprint density at radius 2 is 2.04 bits per heavy atom. The Kier molecular flexibility index (Phi) is 6.19. The van der Waals surface area contributed by atoms with E-state index in [4.69, 9.17) is 28.5 Å². The summed E-state index contributed by atoms with van der Waals surface area (Å²) >= 11 is 11.8. The fourth-order valence-electron chi connectivity index (χ4n) is 1.85. The molecule has 0 fully saturated rings. The van der Waals surface area contributed by atoms with Crippen LogP contribution in [0, 0.1) is 17.1 Å². The lowest BCUT2D eigenvalue weighted by atomic mass is 10.2. The van der Waals surface area contributed by atoms with Crippen LogP contribution in [0.4, 0.5) is 10.1 Å². The van der Waals surface area contributed by atoms with Gasteiger partial charge in [-0.05, 0) is 35.9 Å². The normalized spacial score (nSPS) is 10.8. The Labute approximate surface area is 148 Å². The molecule has 0 radical (unpaired) electrons. The fraction of sp³-hybridized carbons (Fsp3) is 0.0588. The SMILES string of the molecule is N#C/C(=C/NCc1cccc(F)c1)C(=O)Nc1ccc(Cl)cc1Cl. The molecule has 0 aliphatic heterocycles. The van der Waals surface area contributed by atoms with E-state index in [1.807, 2.05) is 0 Å². The standard InChI is InChI=1S/C17H12Cl2FN3O/c18-13-4-5-16(15(19)7-13)23-17(24)12(8-21)10-22-9-11-2-1-3-14(20)6-11/h1-7,10,22H,9H2,(H,23,24)/b12-10-. The lowest BCUT2D eigenvalue weighted by molar-refractivity contribution is -0.112. The summed E-state index contributed by atoms with van der Waals surface area (Å²) < 4.78 is 13.1. The summed E-state index contributed by atoms with van der Waals surface area (Å²) in [7, 11) is 0. The van der Waals surface area contributed by atoms with E-state index >= 15 is 0 Å². The highest BCUT2D eigenvalue weighted by atomic mass is 35.5. The molecule has 0 saturated carbocycles. The van der Waals surface area contributed by atoms with Crippen molar-refractivity contribution in [1.29, 1.82) is 5.26 Å². The van der Waals surface area contributed by atoms with Gasteiger partial charge >= 0.3 is 0 Å². The van der Waals surface area contributed by atoms with E-state index in [2.05, 4.69) is 10.6 Å². The van der Waals surface area contributed by atoms with Crippen molar-refractivity contribution in [2.75, 3.05) is 5.32 Å². The number of nitrogens with zero attached hydrogens (tertiary/aromatic N) is 1. The minimum Gasteiger partial charge on any atom is -0.386 e. The fourth-order valence-corrected chi connectivity index (χ4v) is 2.30. The second-order valence-corrected chi connectivity index (χ2v) is 5.60. The summed E-state index contributed by atoms with van der Waals surface area (Å²) in [6.45, 7) is 0.276. The molecule has 122 valence electrons. The number of amides is 1. The van der Waals surface area contributed by atoms with Crippen molar-refractivity contribution < 1.29 is 9.18 Å². The molecule has 0 aromatic heterocycles. The lowest BCUT2D eigenvalue weighted by Gasteiger charge is -2.07. The highest BCUT2D eigenvalue weighted by molar-refractivity contribution is 6.36. The number of rotatable bonds is 5. The maximum Gasteiger partial charge on any atom is 0.267 e. The van der Waals surface area contributed by atoms with Crippen molar-refractivity contribution in [3.63, 3.8) is 0 Å². The molecule has 0 unspecified atom stereocenters. The summed E-state index contributed by atoms with van der Waals surface area (Å²) in [6.07, 6.45) is 1.27. The van der Waals surface area contributed by atoms with Crippen LogP contribution in [0.25, 0.3) is 0 Å². The van der Waals surface area contributed by atoms with Crippen LogP contribution < -0.4 is 10.6 Å². The van der Waals surface area contributed by atoms with Gasteiger partial charge in [-0.2, -0.15) is 5.26 Å². The molecule has 0 bridgehead atoms. The molecule has 1 amide bonds. The van der Waals surface area contributed by atoms with E-state index in [1.165, 1.54) is 30.5 Å². The van der Waals surface area contributed by atoms with E-state index in [0.29, 0.717) is 16.3 Å². The minimum absolute atomic E-state index is 0.141. The maximum atomic E-state index is 13.1. The Hall–Kier alpha value is -2.55. The molecule has 0 aliphatic rings. The predicted molar refractivity (Wildman–Crippen MR) is 92.0 cm³/mol. The first-order chi connectivity index (χ1) is 11.5. The van der Waals surface area contributed by atoms with E-state index < -0.39 is 5.91 Å². The largest absolute Gasteiger partial charge is 0.386 e. The molecular formula is C17H12Cl2FN3O. The van der Waals surface area contributed by atoms with Crippen LogP contribution >= 0.6 is 23.2 Å². The molecule has 4 nitrogen and oxygen atoms in total. The number of hydrogen-bond acceptors (Lipinski definition) is 3. The first-order valence-electron chi connectivity index (χ1n) is 6.84. The highest BCUT2D eigenvalue weighted by Crippen LogP contribution is 2.25. The van der Waals surface area contributed by atoms with Crippen LogP contribution in [-0.4, -0.2) is 5.91 Å². The number of nitriles is 1. The molecular weight excluding hydrogens is 352 g/mol. The second-order valence-electron chi connectivity index (χ2n) is 4.76. The molecule has 0 saturated heterocycles. The quantitative estimate of drug-likeness (QED) is 0.615. The summed E-state index contributed by atoms with van der Waals surface area (Å²) in [5.41, 5.74) is 0.888. The zero-order valence-electron chi connectivity index (χ0n) is 12.3. The van der Waals surface area contributed by atoms with Crippen molar-refractivity contribution in [2.45, 2.75) is 6.54 Å². The van der Waals surface area contributed by atoms with Gasteiger partial charge in [0.2, 0.25) is 0 Å². The van der Waals surface area contributed by atoms with Gasteiger partial charge in [0.25, 0.3) is 5.91 Å². The van der Waals surface area contributed by atoms with E-state index in [1.54, 1.807) is 24.3 Å². The number of anilines is 1. The average Bonchev–Trinajstić information content (AvgIpc) is 2.54. The van der Waals surface area contributed by atoms with Crippen LogP contribution in [0.1, 0.15) is 5.56 Å². The molecule has 0 spiro atoms. The third-order valence-electron chi connectivity index (χ3n) is 2.99. The minimum atomic E-state index is -0.617. The number of nitrogens with one attached hydrogen (secondary N) is 2. The molecule has 7 heteroatoms. The molecule has 0 aliphatic carbocycles. The van der Waals surface area contributed by atoms with Gasteiger partial charge in [0.15, 0.2) is 0 Å². The van der Waals surface area contributed by atoms with Crippen LogP contribution in [0.5, 0.6) is 0 Å². The number of carbonyl (C=O) groups is 1. The third-order valence-corrected chi connectivity index (χ3v) is 3.53. The van der Waals surface area contributed by atoms with Crippen LogP contribution in [0.15, 0.2) is 54.2 Å². The summed E-state index contributed by atoms with van der Waals surface area (Å²) in [4.78, 5) is 12.1. The van der Waals surface area contributed by atoms with Crippen LogP contribution in [0.2, 0.25) is 10.0 Å². The van der Waals surface area contributed by atoms with Gasteiger partial charge in [-0.1, -0.05) is 35.3 Å². The Morgan fingerprint density at radius 1 is 1.25 bits per heavy atom. The zero-order valence-corrected chi connectivity index (χ0v) is 13.8.